The summed E-state index contributed by atoms with van der Waals surface area (Å²) < 4.78 is 11.2. The first kappa shape index (κ1) is 16.9. The van der Waals surface area contributed by atoms with E-state index < -0.39 is 11.6 Å². The third-order valence-electron chi connectivity index (χ3n) is 4.84. The fourth-order valence-corrected chi connectivity index (χ4v) is 3.34. The van der Waals surface area contributed by atoms with Crippen molar-refractivity contribution in [3.8, 4) is 17.6 Å². The predicted molar refractivity (Wildman–Crippen MR) is 95.0 cm³/mol. The molecule has 0 spiro atoms. The van der Waals surface area contributed by atoms with Gasteiger partial charge in [-0.2, -0.15) is 5.26 Å². The van der Waals surface area contributed by atoms with E-state index in [1.807, 2.05) is 12.1 Å². The molecule has 2 aliphatic rings. The highest BCUT2D eigenvalue weighted by Gasteiger charge is 2.49. The number of para-hydroxylation sites is 1. The lowest BCUT2D eigenvalue weighted by Gasteiger charge is -2.24. The monoisotopic (exact) mass is 363 g/mol. The molecule has 4 rings (SSSR count). The standard InChI is InChI=1S/C20H17N3O4/c1-20(15-7-5-13(11-21)6-8-15)18(24)23(19(25)22-20)12-14-3-2-4-16-17(14)27-10-9-26-16/h2-8H,9-10,12H2,1H3,(H,22,25)/t20-/m0/s1. The minimum Gasteiger partial charge on any atom is -0.486 e. The Kier molecular flexibility index (Phi) is 3.96. The van der Waals surface area contributed by atoms with Crippen molar-refractivity contribution in [2.75, 3.05) is 13.2 Å². The van der Waals surface area contributed by atoms with Crippen molar-refractivity contribution >= 4 is 11.9 Å². The van der Waals surface area contributed by atoms with Crippen LogP contribution in [0.2, 0.25) is 0 Å². The number of hydrogen-bond acceptors (Lipinski definition) is 5. The van der Waals surface area contributed by atoms with Gasteiger partial charge in [-0.1, -0.05) is 24.3 Å². The average molecular weight is 363 g/mol. The van der Waals surface area contributed by atoms with Gasteiger partial charge in [-0.05, 0) is 30.7 Å². The largest absolute Gasteiger partial charge is 0.486 e. The molecule has 2 aliphatic heterocycles. The van der Waals surface area contributed by atoms with Crippen LogP contribution in [0.4, 0.5) is 4.79 Å². The molecule has 0 aromatic heterocycles. The zero-order chi connectivity index (χ0) is 19.0. The number of benzene rings is 2. The summed E-state index contributed by atoms with van der Waals surface area (Å²) in [4.78, 5) is 26.8. The van der Waals surface area contributed by atoms with E-state index in [0.717, 1.165) is 0 Å². The molecule has 1 atom stereocenters. The van der Waals surface area contributed by atoms with E-state index >= 15 is 0 Å². The maximum atomic E-state index is 13.1. The lowest BCUT2D eigenvalue weighted by Crippen LogP contribution is -2.40. The molecule has 1 saturated heterocycles. The Balaban J connectivity index is 1.63. The molecule has 3 amide bonds. The van der Waals surface area contributed by atoms with E-state index in [1.165, 1.54) is 4.90 Å². The molecular weight excluding hydrogens is 346 g/mol. The highest BCUT2D eigenvalue weighted by molar-refractivity contribution is 6.07. The molecule has 7 heteroatoms. The maximum absolute atomic E-state index is 13.1. The Morgan fingerprint density at radius 3 is 2.63 bits per heavy atom. The van der Waals surface area contributed by atoms with Crippen LogP contribution in [0, 0.1) is 11.3 Å². The molecule has 0 radical (unpaired) electrons. The fraction of sp³-hybridized carbons (Fsp3) is 0.250. The molecule has 2 aromatic rings. The highest BCUT2D eigenvalue weighted by Crippen LogP contribution is 2.36. The molecule has 0 bridgehead atoms. The van der Waals surface area contributed by atoms with Crippen LogP contribution in [0.5, 0.6) is 11.5 Å². The van der Waals surface area contributed by atoms with E-state index in [1.54, 1.807) is 43.3 Å². The molecule has 1 N–H and O–H groups in total. The van der Waals surface area contributed by atoms with Crippen molar-refractivity contribution < 1.29 is 19.1 Å². The van der Waals surface area contributed by atoms with Crippen molar-refractivity contribution in [3.63, 3.8) is 0 Å². The van der Waals surface area contributed by atoms with Crippen LogP contribution in [-0.2, 0) is 16.9 Å². The van der Waals surface area contributed by atoms with Gasteiger partial charge in [0, 0.05) is 5.56 Å². The van der Waals surface area contributed by atoms with E-state index in [9.17, 15) is 9.59 Å². The number of urea groups is 1. The van der Waals surface area contributed by atoms with E-state index in [4.69, 9.17) is 14.7 Å². The van der Waals surface area contributed by atoms with Gasteiger partial charge in [-0.25, -0.2) is 4.79 Å². The zero-order valence-electron chi connectivity index (χ0n) is 14.7. The molecular formula is C20H17N3O4. The van der Waals surface area contributed by atoms with Gasteiger partial charge in [-0.15, -0.1) is 0 Å². The van der Waals surface area contributed by atoms with Gasteiger partial charge in [0.1, 0.15) is 18.8 Å². The first-order valence-electron chi connectivity index (χ1n) is 8.55. The number of carbonyl (C=O) groups excluding carboxylic acids is 2. The quantitative estimate of drug-likeness (QED) is 0.845. The van der Waals surface area contributed by atoms with Gasteiger partial charge in [0.15, 0.2) is 11.5 Å². The summed E-state index contributed by atoms with van der Waals surface area (Å²) in [5.41, 5.74) is 0.637. The molecule has 0 aliphatic carbocycles. The highest BCUT2D eigenvalue weighted by atomic mass is 16.6. The van der Waals surface area contributed by atoms with Gasteiger partial charge >= 0.3 is 6.03 Å². The second-order valence-electron chi connectivity index (χ2n) is 6.58. The van der Waals surface area contributed by atoms with Gasteiger partial charge in [0.25, 0.3) is 5.91 Å². The number of nitrogens with zero attached hydrogens (tertiary/aromatic N) is 2. The summed E-state index contributed by atoms with van der Waals surface area (Å²) in [6, 6.07) is 13.6. The summed E-state index contributed by atoms with van der Waals surface area (Å²) in [5, 5.41) is 11.7. The van der Waals surface area contributed by atoms with Crippen molar-refractivity contribution in [3.05, 3.63) is 59.2 Å². The number of ether oxygens (including phenoxy) is 2. The Morgan fingerprint density at radius 1 is 1.15 bits per heavy atom. The number of hydrogen-bond donors (Lipinski definition) is 1. The minimum absolute atomic E-state index is 0.0864. The number of carbonyl (C=O) groups is 2. The van der Waals surface area contributed by atoms with Crippen LogP contribution >= 0.6 is 0 Å². The summed E-state index contributed by atoms with van der Waals surface area (Å²) in [6.07, 6.45) is 0. The van der Waals surface area contributed by atoms with Crippen LogP contribution in [0.25, 0.3) is 0 Å². The molecule has 27 heavy (non-hydrogen) atoms. The predicted octanol–water partition coefficient (Wildman–Crippen LogP) is 2.30. The van der Waals surface area contributed by atoms with Gasteiger partial charge in [0.2, 0.25) is 0 Å². The van der Waals surface area contributed by atoms with Crippen molar-refractivity contribution in [1.29, 1.82) is 5.26 Å². The van der Waals surface area contributed by atoms with E-state index in [2.05, 4.69) is 5.32 Å². The van der Waals surface area contributed by atoms with Crippen molar-refractivity contribution in [2.24, 2.45) is 0 Å². The molecule has 1 fully saturated rings. The second-order valence-corrected chi connectivity index (χ2v) is 6.58. The molecule has 7 nitrogen and oxygen atoms in total. The summed E-state index contributed by atoms with van der Waals surface area (Å²) in [6.45, 7) is 2.64. The second kappa shape index (κ2) is 6.32. The van der Waals surface area contributed by atoms with Crippen LogP contribution in [0.3, 0.4) is 0 Å². The molecule has 0 saturated carbocycles. The number of rotatable bonds is 3. The third-order valence-corrected chi connectivity index (χ3v) is 4.84. The summed E-state index contributed by atoms with van der Waals surface area (Å²) in [5.74, 6) is 0.823. The number of imide groups is 1. The smallest absolute Gasteiger partial charge is 0.325 e. The topological polar surface area (TPSA) is 91.7 Å². The molecule has 2 aromatic carbocycles. The number of nitriles is 1. The molecule has 136 valence electrons. The van der Waals surface area contributed by atoms with Crippen LogP contribution in [0.1, 0.15) is 23.6 Å². The number of nitrogens with one attached hydrogen (secondary N) is 1. The zero-order valence-corrected chi connectivity index (χ0v) is 14.7. The van der Waals surface area contributed by atoms with E-state index in [-0.39, 0.29) is 12.5 Å². The average Bonchev–Trinajstić information content (AvgIpc) is 2.92. The van der Waals surface area contributed by atoms with Crippen molar-refractivity contribution in [2.45, 2.75) is 19.0 Å². The number of fused-ring (bicyclic) bond motifs is 1. The third kappa shape index (κ3) is 2.75. The maximum Gasteiger partial charge on any atom is 0.325 e. The first-order chi connectivity index (χ1) is 13.0. The first-order valence-corrected chi connectivity index (χ1v) is 8.55. The van der Waals surface area contributed by atoms with Crippen LogP contribution < -0.4 is 14.8 Å². The summed E-state index contributed by atoms with van der Waals surface area (Å²) >= 11 is 0. The Bertz CT molecular complexity index is 964. The lowest BCUT2D eigenvalue weighted by molar-refractivity contribution is -0.131. The van der Waals surface area contributed by atoms with Gasteiger partial charge < -0.3 is 14.8 Å². The van der Waals surface area contributed by atoms with E-state index in [0.29, 0.717) is 41.4 Å². The van der Waals surface area contributed by atoms with Gasteiger partial charge in [0.05, 0.1) is 18.2 Å². The SMILES string of the molecule is C[C@@]1(c2ccc(C#N)cc2)NC(=O)N(Cc2cccc3c2OCCO3)C1=O. The fourth-order valence-electron chi connectivity index (χ4n) is 3.34. The van der Waals surface area contributed by atoms with Gasteiger partial charge in [-0.3, -0.25) is 9.69 Å². The Morgan fingerprint density at radius 2 is 1.89 bits per heavy atom. The number of amides is 3. The molecule has 2 heterocycles. The van der Waals surface area contributed by atoms with Crippen molar-refractivity contribution in [1.82, 2.24) is 10.2 Å². The van der Waals surface area contributed by atoms with Crippen LogP contribution in [0.15, 0.2) is 42.5 Å². The Hall–Kier alpha value is -3.53. The minimum atomic E-state index is -1.18. The van der Waals surface area contributed by atoms with Crippen LogP contribution in [-0.4, -0.2) is 30.1 Å². The summed E-state index contributed by atoms with van der Waals surface area (Å²) in [7, 11) is 0. The Labute approximate surface area is 156 Å². The lowest BCUT2D eigenvalue weighted by atomic mass is 9.91. The molecule has 0 unspecified atom stereocenters. The normalized spacial score (nSPS) is 21.0.